The molecule has 19 heavy (non-hydrogen) atoms. The zero-order chi connectivity index (χ0) is 13.1. The van der Waals surface area contributed by atoms with E-state index in [1.807, 2.05) is 0 Å². The Morgan fingerprint density at radius 3 is 2.32 bits per heavy atom. The fourth-order valence-electron chi connectivity index (χ4n) is 2.77. The second kappa shape index (κ2) is 6.98. The third-order valence-corrected chi connectivity index (χ3v) is 3.87. The molecule has 0 amide bonds. The highest BCUT2D eigenvalue weighted by molar-refractivity contribution is 5.85. The van der Waals surface area contributed by atoms with Gasteiger partial charge in [0.2, 0.25) is 0 Å². The highest BCUT2D eigenvalue weighted by atomic mass is 35.5. The number of halogens is 1. The van der Waals surface area contributed by atoms with Gasteiger partial charge in [0.25, 0.3) is 0 Å². The fourth-order valence-corrected chi connectivity index (χ4v) is 2.77. The van der Waals surface area contributed by atoms with Gasteiger partial charge in [0.05, 0.1) is 12.1 Å². The molecule has 5 N–H and O–H groups in total. The number of hydrogen-bond donors (Lipinski definition) is 4. The number of aromatic hydroxyl groups is 2. The standard InChI is InChI=1S/C14H21NO3.ClH/c15-13(11-7-6-10(16)8-12(11)17)14(18)9-4-2-1-3-5-9;/h6-9,13-14,16-18H,1-5,15H2;1H/t13-,14+;/m0./s1. The second-order valence-electron chi connectivity index (χ2n) is 5.16. The highest BCUT2D eigenvalue weighted by Crippen LogP contribution is 2.34. The maximum atomic E-state index is 10.3. The van der Waals surface area contributed by atoms with E-state index in [1.165, 1.54) is 18.6 Å². The third-order valence-electron chi connectivity index (χ3n) is 3.87. The van der Waals surface area contributed by atoms with Crippen molar-refractivity contribution in [3.8, 4) is 11.5 Å². The Morgan fingerprint density at radius 2 is 1.74 bits per heavy atom. The lowest BCUT2D eigenvalue weighted by atomic mass is 9.81. The lowest BCUT2D eigenvalue weighted by Crippen LogP contribution is -2.34. The van der Waals surface area contributed by atoms with Gasteiger partial charge in [0.1, 0.15) is 11.5 Å². The Morgan fingerprint density at radius 1 is 1.11 bits per heavy atom. The smallest absolute Gasteiger partial charge is 0.124 e. The van der Waals surface area contributed by atoms with E-state index in [0.717, 1.165) is 25.7 Å². The first kappa shape index (κ1) is 16.1. The number of benzene rings is 1. The van der Waals surface area contributed by atoms with Crippen molar-refractivity contribution in [1.29, 1.82) is 0 Å². The molecule has 4 nitrogen and oxygen atoms in total. The van der Waals surface area contributed by atoms with Gasteiger partial charge < -0.3 is 21.1 Å². The molecule has 2 rings (SSSR count). The Hall–Kier alpha value is -0.970. The van der Waals surface area contributed by atoms with Crippen molar-refractivity contribution in [3.05, 3.63) is 23.8 Å². The van der Waals surface area contributed by atoms with Crippen LogP contribution in [0.1, 0.15) is 43.7 Å². The summed E-state index contributed by atoms with van der Waals surface area (Å²) in [5, 5.41) is 29.3. The summed E-state index contributed by atoms with van der Waals surface area (Å²) in [5.74, 6) is 0.148. The molecule has 0 heterocycles. The van der Waals surface area contributed by atoms with Gasteiger partial charge in [0, 0.05) is 11.6 Å². The number of phenolic OH excluding ortho intramolecular Hbond substituents is 2. The summed E-state index contributed by atoms with van der Waals surface area (Å²) in [7, 11) is 0. The maximum absolute atomic E-state index is 10.3. The molecule has 2 atom stereocenters. The molecule has 1 aliphatic rings. The molecule has 0 aromatic heterocycles. The molecule has 0 radical (unpaired) electrons. The first-order valence-corrected chi connectivity index (χ1v) is 6.55. The summed E-state index contributed by atoms with van der Waals surface area (Å²) in [6, 6.07) is 3.70. The number of hydrogen-bond acceptors (Lipinski definition) is 4. The summed E-state index contributed by atoms with van der Waals surface area (Å²) in [6.45, 7) is 0. The van der Waals surface area contributed by atoms with Crippen LogP contribution in [0.4, 0.5) is 0 Å². The molecule has 0 unspecified atom stereocenters. The molecule has 1 aliphatic carbocycles. The predicted octanol–water partition coefficient (Wildman–Crippen LogP) is 2.46. The van der Waals surface area contributed by atoms with Crippen LogP contribution in [0.5, 0.6) is 11.5 Å². The van der Waals surface area contributed by atoms with E-state index in [-0.39, 0.29) is 29.8 Å². The van der Waals surface area contributed by atoms with Gasteiger partial charge in [-0.1, -0.05) is 19.3 Å². The Labute approximate surface area is 119 Å². The second-order valence-corrected chi connectivity index (χ2v) is 5.16. The largest absolute Gasteiger partial charge is 0.508 e. The minimum Gasteiger partial charge on any atom is -0.508 e. The molecule has 1 saturated carbocycles. The van der Waals surface area contributed by atoms with Gasteiger partial charge in [0.15, 0.2) is 0 Å². The molecule has 0 aliphatic heterocycles. The van der Waals surface area contributed by atoms with Crippen LogP contribution >= 0.6 is 12.4 Å². The number of rotatable bonds is 3. The zero-order valence-electron chi connectivity index (χ0n) is 10.8. The molecular weight excluding hydrogens is 266 g/mol. The van der Waals surface area contributed by atoms with Gasteiger partial charge in [-0.05, 0) is 30.9 Å². The average Bonchev–Trinajstić information content (AvgIpc) is 2.38. The van der Waals surface area contributed by atoms with Gasteiger partial charge in [-0.15, -0.1) is 12.4 Å². The summed E-state index contributed by atoms with van der Waals surface area (Å²) in [4.78, 5) is 0. The Balaban J connectivity index is 0.00000180. The normalized spacial score (nSPS) is 19.5. The minimum absolute atomic E-state index is 0. The van der Waals surface area contributed by atoms with Crippen molar-refractivity contribution >= 4 is 12.4 Å². The molecule has 5 heteroatoms. The maximum Gasteiger partial charge on any atom is 0.124 e. The fraction of sp³-hybridized carbons (Fsp3) is 0.571. The molecule has 1 aromatic carbocycles. The van der Waals surface area contributed by atoms with E-state index < -0.39 is 12.1 Å². The lowest BCUT2D eigenvalue weighted by Gasteiger charge is -2.30. The summed E-state index contributed by atoms with van der Waals surface area (Å²) in [6.07, 6.45) is 4.84. The first-order chi connectivity index (χ1) is 8.59. The van der Waals surface area contributed by atoms with Gasteiger partial charge in [-0.3, -0.25) is 0 Å². The number of nitrogens with two attached hydrogens (primary N) is 1. The van der Waals surface area contributed by atoms with Crippen molar-refractivity contribution in [1.82, 2.24) is 0 Å². The van der Waals surface area contributed by atoms with Crippen LogP contribution in [0.25, 0.3) is 0 Å². The third kappa shape index (κ3) is 3.75. The molecule has 108 valence electrons. The van der Waals surface area contributed by atoms with E-state index in [4.69, 9.17) is 5.73 Å². The highest BCUT2D eigenvalue weighted by Gasteiger charge is 2.28. The van der Waals surface area contributed by atoms with Crippen molar-refractivity contribution in [2.75, 3.05) is 0 Å². The van der Waals surface area contributed by atoms with Crippen LogP contribution in [0.15, 0.2) is 18.2 Å². The predicted molar refractivity (Wildman–Crippen MR) is 76.5 cm³/mol. The van der Waals surface area contributed by atoms with E-state index in [1.54, 1.807) is 6.07 Å². The van der Waals surface area contributed by atoms with Gasteiger partial charge in [-0.25, -0.2) is 0 Å². The number of aliphatic hydroxyl groups excluding tert-OH is 1. The van der Waals surface area contributed by atoms with E-state index in [2.05, 4.69) is 0 Å². The first-order valence-electron chi connectivity index (χ1n) is 6.55. The molecule has 1 fully saturated rings. The van der Waals surface area contributed by atoms with Gasteiger partial charge in [-0.2, -0.15) is 0 Å². The van der Waals surface area contributed by atoms with Crippen LogP contribution in [0.3, 0.4) is 0 Å². The topological polar surface area (TPSA) is 86.7 Å². The summed E-state index contributed by atoms with van der Waals surface area (Å²) < 4.78 is 0. The monoisotopic (exact) mass is 287 g/mol. The minimum atomic E-state index is -0.638. The van der Waals surface area contributed by atoms with Crippen molar-refractivity contribution in [2.24, 2.45) is 11.7 Å². The molecule has 0 saturated heterocycles. The molecule has 0 bridgehead atoms. The van der Waals surface area contributed by atoms with Gasteiger partial charge >= 0.3 is 0 Å². The quantitative estimate of drug-likeness (QED) is 0.688. The van der Waals surface area contributed by atoms with Crippen molar-refractivity contribution in [3.63, 3.8) is 0 Å². The van der Waals surface area contributed by atoms with Crippen molar-refractivity contribution in [2.45, 2.75) is 44.2 Å². The summed E-state index contributed by atoms with van der Waals surface area (Å²) >= 11 is 0. The van der Waals surface area contributed by atoms with Crippen molar-refractivity contribution < 1.29 is 15.3 Å². The lowest BCUT2D eigenvalue weighted by molar-refractivity contribution is 0.0611. The van der Waals surface area contributed by atoms with E-state index in [9.17, 15) is 15.3 Å². The zero-order valence-corrected chi connectivity index (χ0v) is 11.6. The van der Waals surface area contributed by atoms with Crippen LogP contribution in [0.2, 0.25) is 0 Å². The Kier molecular flexibility index (Phi) is 5.91. The van der Waals surface area contributed by atoms with Crippen LogP contribution < -0.4 is 5.73 Å². The SMILES string of the molecule is Cl.N[C@@H](c1ccc(O)cc1O)[C@H](O)C1CCCCC1. The number of phenols is 2. The van der Waals surface area contributed by atoms with E-state index in [0.29, 0.717) is 5.56 Å². The van der Waals surface area contributed by atoms with Crippen LogP contribution in [-0.4, -0.2) is 21.4 Å². The van der Waals surface area contributed by atoms with Crippen LogP contribution in [0, 0.1) is 5.92 Å². The Bertz CT molecular complexity index is 408. The molecule has 0 spiro atoms. The average molecular weight is 288 g/mol. The molecule has 1 aromatic rings. The molecular formula is C14H22ClNO3. The van der Waals surface area contributed by atoms with Crippen LogP contribution in [-0.2, 0) is 0 Å². The summed E-state index contributed by atoms with van der Waals surface area (Å²) in [5.41, 5.74) is 6.52. The number of aliphatic hydroxyl groups is 1. The van der Waals surface area contributed by atoms with E-state index >= 15 is 0 Å².